The number of nitrogens with one attached hydrogen (secondary N) is 1. The van der Waals surface area contributed by atoms with E-state index in [1.807, 2.05) is 18.2 Å². The molecule has 0 spiro atoms. The van der Waals surface area contributed by atoms with E-state index in [-0.39, 0.29) is 4.90 Å². The Bertz CT molecular complexity index is 924. The van der Waals surface area contributed by atoms with E-state index in [2.05, 4.69) is 21.6 Å². The lowest BCUT2D eigenvalue weighted by molar-refractivity contribution is 0.171. The molecule has 1 saturated heterocycles. The van der Waals surface area contributed by atoms with Crippen molar-refractivity contribution in [3.63, 3.8) is 0 Å². The molecule has 1 fully saturated rings. The fourth-order valence-corrected chi connectivity index (χ4v) is 4.37. The second-order valence-corrected chi connectivity index (χ2v) is 8.40. The molecule has 4 rings (SSSR count). The Kier molecular flexibility index (Phi) is 4.84. The Morgan fingerprint density at radius 1 is 0.926 bits per heavy atom. The van der Waals surface area contributed by atoms with Crippen LogP contribution >= 0.6 is 0 Å². The van der Waals surface area contributed by atoms with Crippen LogP contribution in [0.3, 0.4) is 0 Å². The van der Waals surface area contributed by atoms with Crippen molar-refractivity contribution in [2.24, 2.45) is 0 Å². The number of hydrogen-bond donors (Lipinski definition) is 1. The van der Waals surface area contributed by atoms with Gasteiger partial charge in [0.25, 0.3) is 10.0 Å². The van der Waals surface area contributed by atoms with Crippen LogP contribution < -0.4 is 19.1 Å². The largest absolute Gasteiger partial charge is 0.486 e. The number of rotatable bonds is 4. The van der Waals surface area contributed by atoms with Gasteiger partial charge >= 0.3 is 0 Å². The van der Waals surface area contributed by atoms with Crippen LogP contribution in [0.5, 0.6) is 11.5 Å². The molecule has 0 aromatic heterocycles. The van der Waals surface area contributed by atoms with Crippen molar-refractivity contribution in [1.82, 2.24) is 4.90 Å². The lowest BCUT2D eigenvalue weighted by Crippen LogP contribution is -2.44. The smallest absolute Gasteiger partial charge is 0.262 e. The Labute approximate surface area is 159 Å². The molecule has 0 unspecified atom stereocenters. The van der Waals surface area contributed by atoms with Gasteiger partial charge in [0, 0.05) is 32.2 Å². The second-order valence-electron chi connectivity index (χ2n) is 6.72. The van der Waals surface area contributed by atoms with E-state index >= 15 is 0 Å². The van der Waals surface area contributed by atoms with Crippen LogP contribution in [-0.4, -0.2) is 59.8 Å². The van der Waals surface area contributed by atoms with Crippen LogP contribution in [0.15, 0.2) is 47.4 Å². The summed E-state index contributed by atoms with van der Waals surface area (Å²) in [5.41, 5.74) is 1.48. The summed E-state index contributed by atoms with van der Waals surface area (Å²) in [6.45, 7) is 4.50. The standard InChI is InChI=1S/C19H23N3O4S/c1-21-8-10-22(11-9-21)17-5-3-2-4-16(17)20-27(23,24)15-6-7-18-19(14-15)26-13-12-25-18/h2-7,14,20H,8-13H2,1H3. The molecule has 1 N–H and O–H groups in total. The molecule has 0 radical (unpaired) electrons. The number of fused-ring (bicyclic) bond motifs is 1. The van der Waals surface area contributed by atoms with Gasteiger partial charge in [0.05, 0.1) is 16.3 Å². The molecule has 0 bridgehead atoms. The number of sulfonamides is 1. The molecule has 2 aliphatic heterocycles. The molecule has 2 aliphatic rings. The van der Waals surface area contributed by atoms with Crippen LogP contribution in [0.4, 0.5) is 11.4 Å². The van der Waals surface area contributed by atoms with E-state index in [1.165, 1.54) is 12.1 Å². The Morgan fingerprint density at radius 3 is 2.41 bits per heavy atom. The topological polar surface area (TPSA) is 71.1 Å². The summed E-state index contributed by atoms with van der Waals surface area (Å²) in [5, 5.41) is 0. The minimum Gasteiger partial charge on any atom is -0.486 e. The van der Waals surface area contributed by atoms with E-state index in [4.69, 9.17) is 9.47 Å². The number of piperazine rings is 1. The molecule has 2 aromatic rings. The summed E-state index contributed by atoms with van der Waals surface area (Å²) in [5.74, 6) is 1.02. The average Bonchev–Trinajstić information content (AvgIpc) is 2.68. The third-order valence-corrected chi connectivity index (χ3v) is 6.18. The molecule has 144 valence electrons. The fourth-order valence-electron chi connectivity index (χ4n) is 3.28. The van der Waals surface area contributed by atoms with Crippen molar-refractivity contribution in [2.75, 3.05) is 56.1 Å². The first-order valence-corrected chi connectivity index (χ1v) is 10.5. The van der Waals surface area contributed by atoms with E-state index in [9.17, 15) is 8.42 Å². The monoisotopic (exact) mass is 389 g/mol. The maximum Gasteiger partial charge on any atom is 0.262 e. The fraction of sp³-hybridized carbons (Fsp3) is 0.368. The highest BCUT2D eigenvalue weighted by molar-refractivity contribution is 7.92. The zero-order valence-electron chi connectivity index (χ0n) is 15.2. The Morgan fingerprint density at radius 2 is 1.63 bits per heavy atom. The van der Waals surface area contributed by atoms with Gasteiger partial charge in [-0.1, -0.05) is 12.1 Å². The molecule has 0 aliphatic carbocycles. The zero-order chi connectivity index (χ0) is 18.9. The molecule has 0 atom stereocenters. The summed E-state index contributed by atoms with van der Waals surface area (Å²) >= 11 is 0. The minimum absolute atomic E-state index is 0.153. The van der Waals surface area contributed by atoms with Crippen LogP contribution in [0.2, 0.25) is 0 Å². The number of nitrogens with zero attached hydrogens (tertiary/aromatic N) is 2. The maximum absolute atomic E-state index is 12.9. The summed E-state index contributed by atoms with van der Waals surface area (Å²) in [6, 6.07) is 12.2. The zero-order valence-corrected chi connectivity index (χ0v) is 16.0. The van der Waals surface area contributed by atoms with E-state index in [0.717, 1.165) is 31.9 Å². The number of hydrogen-bond acceptors (Lipinski definition) is 6. The SMILES string of the molecule is CN1CCN(c2ccccc2NS(=O)(=O)c2ccc3c(c2)OCCO3)CC1. The molecular weight excluding hydrogens is 366 g/mol. The van der Waals surface area contributed by atoms with Crippen molar-refractivity contribution in [2.45, 2.75) is 4.90 Å². The third kappa shape index (κ3) is 3.81. The molecule has 7 nitrogen and oxygen atoms in total. The number of ether oxygens (including phenoxy) is 2. The lowest BCUT2D eigenvalue weighted by atomic mass is 10.2. The predicted molar refractivity (Wildman–Crippen MR) is 104 cm³/mol. The van der Waals surface area contributed by atoms with Gasteiger partial charge in [-0.3, -0.25) is 4.72 Å². The normalized spacial score (nSPS) is 17.6. The van der Waals surface area contributed by atoms with E-state index in [0.29, 0.717) is 30.4 Å². The number of likely N-dealkylation sites (N-methyl/N-ethyl adjacent to an activating group) is 1. The van der Waals surface area contributed by atoms with Crippen molar-refractivity contribution in [3.8, 4) is 11.5 Å². The molecule has 27 heavy (non-hydrogen) atoms. The summed E-state index contributed by atoms with van der Waals surface area (Å²) < 4.78 is 39.6. The summed E-state index contributed by atoms with van der Waals surface area (Å²) in [6.07, 6.45) is 0. The van der Waals surface area contributed by atoms with Gasteiger partial charge in [0.1, 0.15) is 13.2 Å². The maximum atomic E-state index is 12.9. The van der Waals surface area contributed by atoms with Gasteiger partial charge in [-0.25, -0.2) is 8.42 Å². The molecule has 2 aromatic carbocycles. The van der Waals surface area contributed by atoms with Crippen molar-refractivity contribution in [1.29, 1.82) is 0 Å². The molecule has 2 heterocycles. The lowest BCUT2D eigenvalue weighted by Gasteiger charge is -2.35. The first kappa shape index (κ1) is 17.9. The predicted octanol–water partition coefficient (Wildman–Crippen LogP) is 2.01. The molecule has 0 saturated carbocycles. The average molecular weight is 389 g/mol. The molecule has 0 amide bonds. The van der Waals surface area contributed by atoms with Gasteiger partial charge in [0.2, 0.25) is 0 Å². The van der Waals surface area contributed by atoms with Gasteiger partial charge in [0.15, 0.2) is 11.5 Å². The summed E-state index contributed by atoms with van der Waals surface area (Å²) in [4.78, 5) is 4.63. The minimum atomic E-state index is -3.74. The van der Waals surface area contributed by atoms with Gasteiger partial charge in [-0.15, -0.1) is 0 Å². The highest BCUT2D eigenvalue weighted by Crippen LogP contribution is 2.34. The van der Waals surface area contributed by atoms with E-state index < -0.39 is 10.0 Å². The first-order valence-electron chi connectivity index (χ1n) is 8.98. The Hall–Kier alpha value is -2.45. The van der Waals surface area contributed by atoms with Crippen molar-refractivity contribution in [3.05, 3.63) is 42.5 Å². The third-order valence-electron chi connectivity index (χ3n) is 4.82. The van der Waals surface area contributed by atoms with Crippen LogP contribution in [0.1, 0.15) is 0 Å². The van der Waals surface area contributed by atoms with Gasteiger partial charge in [-0.05, 0) is 31.3 Å². The molecular formula is C19H23N3O4S. The van der Waals surface area contributed by atoms with Crippen LogP contribution in [0, 0.1) is 0 Å². The van der Waals surface area contributed by atoms with Crippen LogP contribution in [-0.2, 0) is 10.0 Å². The van der Waals surface area contributed by atoms with E-state index in [1.54, 1.807) is 12.1 Å². The van der Waals surface area contributed by atoms with Crippen molar-refractivity contribution < 1.29 is 17.9 Å². The quantitative estimate of drug-likeness (QED) is 0.863. The second kappa shape index (κ2) is 7.28. The number of anilines is 2. The highest BCUT2D eigenvalue weighted by Gasteiger charge is 2.22. The summed E-state index contributed by atoms with van der Waals surface area (Å²) in [7, 11) is -1.65. The van der Waals surface area contributed by atoms with Crippen molar-refractivity contribution >= 4 is 21.4 Å². The van der Waals surface area contributed by atoms with Crippen LogP contribution in [0.25, 0.3) is 0 Å². The number of para-hydroxylation sites is 2. The molecule has 8 heteroatoms. The first-order chi connectivity index (χ1) is 13.0. The van der Waals surface area contributed by atoms with Gasteiger partial charge < -0.3 is 19.3 Å². The van der Waals surface area contributed by atoms with Gasteiger partial charge in [-0.2, -0.15) is 0 Å². The number of benzene rings is 2. The Balaban J connectivity index is 1.60. The highest BCUT2D eigenvalue weighted by atomic mass is 32.2.